The first-order chi connectivity index (χ1) is 14.5. The topological polar surface area (TPSA) is 20.2 Å². The van der Waals surface area contributed by atoms with Crippen LogP contribution < -0.4 is 0 Å². The number of hydrogen-bond acceptors (Lipinski definition) is 1. The summed E-state index contributed by atoms with van der Waals surface area (Å²) in [5.41, 5.74) is 5.72. The van der Waals surface area contributed by atoms with Gasteiger partial charge in [-0.2, -0.15) is 0 Å². The molecule has 1 N–H and O–H groups in total. The van der Waals surface area contributed by atoms with Crippen molar-refractivity contribution in [1.82, 2.24) is 0 Å². The molecule has 0 radical (unpaired) electrons. The molecule has 0 aliphatic carbocycles. The fourth-order valence-electron chi connectivity index (χ4n) is 2.50. The summed E-state index contributed by atoms with van der Waals surface area (Å²) in [6, 6.07) is 0. The van der Waals surface area contributed by atoms with Crippen LogP contribution in [0.3, 0.4) is 0 Å². The molecule has 0 heterocycles. The monoisotopic (exact) mass is 420 g/mol. The molecule has 0 spiro atoms. The molecule has 0 aliphatic heterocycles. The maximum atomic E-state index is 9.71. The molecule has 0 aliphatic rings. The van der Waals surface area contributed by atoms with Crippen LogP contribution in [-0.2, 0) is 0 Å². The standard InChI is InChI=1S/C30H44O/c1-25(2)15-11-18-28(5)21-12-19-26(3)16-9-10-17-27(4)20-13-22-29(6)23-14-24-30(7,8)31/h9-10,12-17,19-23,31H,11,18,24H2,1-8H3/b10-9+,19-12+,20-13+,23-14+,26-16+,27-17+,28-21+,29-22+. The molecule has 170 valence electrons. The lowest BCUT2D eigenvalue weighted by Crippen LogP contribution is -2.16. The van der Waals surface area contributed by atoms with Gasteiger partial charge in [-0.25, -0.2) is 0 Å². The van der Waals surface area contributed by atoms with E-state index in [1.54, 1.807) is 0 Å². The minimum atomic E-state index is -0.651. The zero-order chi connectivity index (χ0) is 23.7. The Bertz CT molecular complexity index is 790. The van der Waals surface area contributed by atoms with Gasteiger partial charge in [-0.15, -0.1) is 0 Å². The van der Waals surface area contributed by atoms with E-state index in [0.29, 0.717) is 6.42 Å². The van der Waals surface area contributed by atoms with Gasteiger partial charge >= 0.3 is 0 Å². The molecule has 0 rings (SSSR count). The van der Waals surface area contributed by atoms with E-state index in [1.807, 2.05) is 26.0 Å². The summed E-state index contributed by atoms with van der Waals surface area (Å²) in [5.74, 6) is 0. The van der Waals surface area contributed by atoms with Crippen molar-refractivity contribution in [2.45, 2.75) is 80.3 Å². The molecule has 0 atom stereocenters. The smallest absolute Gasteiger partial charge is 0.0626 e. The van der Waals surface area contributed by atoms with Gasteiger partial charge in [-0.3, -0.25) is 0 Å². The first-order valence-electron chi connectivity index (χ1n) is 11.2. The van der Waals surface area contributed by atoms with Gasteiger partial charge < -0.3 is 5.11 Å². The second-order valence-corrected chi connectivity index (χ2v) is 9.09. The molecule has 0 saturated heterocycles. The van der Waals surface area contributed by atoms with E-state index in [2.05, 4.69) is 108 Å². The van der Waals surface area contributed by atoms with Gasteiger partial charge in [0.1, 0.15) is 0 Å². The molecule has 0 aromatic rings. The molecule has 0 amide bonds. The highest BCUT2D eigenvalue weighted by molar-refractivity contribution is 5.30. The Morgan fingerprint density at radius 1 is 0.677 bits per heavy atom. The fourth-order valence-corrected chi connectivity index (χ4v) is 2.50. The number of rotatable bonds is 12. The van der Waals surface area contributed by atoms with Crippen molar-refractivity contribution in [1.29, 1.82) is 0 Å². The molecule has 0 saturated carbocycles. The van der Waals surface area contributed by atoms with Crippen LogP contribution >= 0.6 is 0 Å². The first-order valence-corrected chi connectivity index (χ1v) is 11.2. The van der Waals surface area contributed by atoms with E-state index < -0.39 is 5.60 Å². The average molecular weight is 421 g/mol. The summed E-state index contributed by atoms with van der Waals surface area (Å²) in [6.45, 7) is 16.4. The van der Waals surface area contributed by atoms with Gasteiger partial charge in [0, 0.05) is 0 Å². The maximum Gasteiger partial charge on any atom is 0.0626 e. The van der Waals surface area contributed by atoms with Crippen LogP contribution in [0.15, 0.2) is 107 Å². The Kier molecular flexibility index (Phi) is 15.1. The van der Waals surface area contributed by atoms with E-state index >= 15 is 0 Å². The summed E-state index contributed by atoms with van der Waals surface area (Å²) in [4.78, 5) is 0. The molecule has 0 fully saturated rings. The van der Waals surface area contributed by atoms with Crippen molar-refractivity contribution in [3.05, 3.63) is 107 Å². The third-order valence-electron chi connectivity index (χ3n) is 4.38. The average Bonchev–Trinajstić information content (AvgIpc) is 2.64. The number of hydrogen-bond donors (Lipinski definition) is 1. The van der Waals surface area contributed by atoms with Crippen molar-refractivity contribution in [2.24, 2.45) is 0 Å². The third kappa shape index (κ3) is 20.7. The summed E-state index contributed by atoms with van der Waals surface area (Å²) in [7, 11) is 0. The SMILES string of the molecule is CC(C)=CCC/C(C)=C/C=C/C(C)=C/C=C/C=C(C)/C=C/C=C(C)/C=C/CC(C)(C)O. The van der Waals surface area contributed by atoms with Gasteiger partial charge in [0.05, 0.1) is 5.60 Å². The van der Waals surface area contributed by atoms with Gasteiger partial charge in [0.2, 0.25) is 0 Å². The van der Waals surface area contributed by atoms with Crippen molar-refractivity contribution in [2.75, 3.05) is 0 Å². The van der Waals surface area contributed by atoms with Crippen molar-refractivity contribution >= 4 is 0 Å². The molecule has 31 heavy (non-hydrogen) atoms. The van der Waals surface area contributed by atoms with Crippen molar-refractivity contribution in [3.63, 3.8) is 0 Å². The lowest BCUT2D eigenvalue weighted by Gasteiger charge is -2.13. The van der Waals surface area contributed by atoms with Crippen LogP contribution in [-0.4, -0.2) is 10.7 Å². The Hall–Kier alpha value is -2.38. The first kappa shape index (κ1) is 28.6. The summed E-state index contributed by atoms with van der Waals surface area (Å²) < 4.78 is 0. The molecule has 1 heteroatoms. The van der Waals surface area contributed by atoms with Crippen LogP contribution in [0.1, 0.15) is 74.7 Å². The number of aliphatic hydroxyl groups is 1. The van der Waals surface area contributed by atoms with Crippen LogP contribution in [0.5, 0.6) is 0 Å². The van der Waals surface area contributed by atoms with E-state index in [4.69, 9.17) is 0 Å². The van der Waals surface area contributed by atoms with Crippen LogP contribution in [0.2, 0.25) is 0 Å². The number of allylic oxidation sites excluding steroid dienone is 17. The minimum absolute atomic E-state index is 0.651. The van der Waals surface area contributed by atoms with E-state index in [1.165, 1.54) is 22.3 Å². The molecule has 0 aromatic heterocycles. The molecule has 0 bridgehead atoms. The predicted molar refractivity (Wildman–Crippen MR) is 141 cm³/mol. The van der Waals surface area contributed by atoms with E-state index in [9.17, 15) is 5.11 Å². The van der Waals surface area contributed by atoms with E-state index in [0.717, 1.165) is 18.4 Å². The fraction of sp³-hybridized carbons (Fsp3) is 0.400. The van der Waals surface area contributed by atoms with Crippen LogP contribution in [0, 0.1) is 0 Å². The zero-order valence-electron chi connectivity index (χ0n) is 21.1. The predicted octanol–water partition coefficient (Wildman–Crippen LogP) is 8.90. The largest absolute Gasteiger partial charge is 0.390 e. The molecular formula is C30H44O. The zero-order valence-corrected chi connectivity index (χ0v) is 21.1. The normalized spacial score (nSPS) is 15.3. The molecule has 1 nitrogen and oxygen atoms in total. The molecular weight excluding hydrogens is 376 g/mol. The van der Waals surface area contributed by atoms with Crippen molar-refractivity contribution in [3.8, 4) is 0 Å². The van der Waals surface area contributed by atoms with Gasteiger partial charge in [0.15, 0.2) is 0 Å². The molecule has 0 unspecified atom stereocenters. The Morgan fingerprint density at radius 2 is 1.16 bits per heavy atom. The summed E-state index contributed by atoms with van der Waals surface area (Å²) in [5, 5.41) is 9.71. The van der Waals surface area contributed by atoms with E-state index in [-0.39, 0.29) is 0 Å². The quantitative estimate of drug-likeness (QED) is 0.247. The molecule has 0 aromatic carbocycles. The summed E-state index contributed by atoms with van der Waals surface area (Å²) >= 11 is 0. The van der Waals surface area contributed by atoms with Crippen LogP contribution in [0.25, 0.3) is 0 Å². The maximum absolute atomic E-state index is 9.71. The summed E-state index contributed by atoms with van der Waals surface area (Å²) in [6.07, 6.45) is 30.3. The second-order valence-electron chi connectivity index (χ2n) is 9.09. The third-order valence-corrected chi connectivity index (χ3v) is 4.38. The van der Waals surface area contributed by atoms with Crippen LogP contribution in [0.4, 0.5) is 0 Å². The Labute approximate surface area is 192 Å². The lowest BCUT2D eigenvalue weighted by atomic mass is 10.0. The lowest BCUT2D eigenvalue weighted by molar-refractivity contribution is 0.0839. The van der Waals surface area contributed by atoms with Gasteiger partial charge in [0.25, 0.3) is 0 Å². The second kappa shape index (κ2) is 16.3. The highest BCUT2D eigenvalue weighted by Crippen LogP contribution is 2.09. The van der Waals surface area contributed by atoms with Gasteiger partial charge in [-0.05, 0) is 74.7 Å². The minimum Gasteiger partial charge on any atom is -0.390 e. The Morgan fingerprint density at radius 3 is 1.68 bits per heavy atom. The highest BCUT2D eigenvalue weighted by atomic mass is 16.3. The van der Waals surface area contributed by atoms with Crippen molar-refractivity contribution < 1.29 is 5.11 Å². The Balaban J connectivity index is 4.57. The van der Waals surface area contributed by atoms with Gasteiger partial charge in [-0.1, -0.05) is 107 Å². The highest BCUT2D eigenvalue weighted by Gasteiger charge is 2.08.